The number of rotatable bonds is 6. The van der Waals surface area contributed by atoms with Crippen molar-refractivity contribution < 1.29 is 22.6 Å². The summed E-state index contributed by atoms with van der Waals surface area (Å²) in [5.74, 6) is 0.187. The van der Waals surface area contributed by atoms with Gasteiger partial charge in [-0.15, -0.1) is 13.2 Å². The van der Waals surface area contributed by atoms with Gasteiger partial charge in [0.25, 0.3) is 0 Å². The van der Waals surface area contributed by atoms with Gasteiger partial charge in [-0.25, -0.2) is 4.98 Å². The van der Waals surface area contributed by atoms with Crippen molar-refractivity contribution in [2.45, 2.75) is 83.0 Å². The van der Waals surface area contributed by atoms with E-state index in [1.54, 1.807) is 0 Å². The fraction of sp³-hybridized carbons (Fsp3) is 0.680. The molecule has 2 aromatic heterocycles. The van der Waals surface area contributed by atoms with E-state index in [-0.39, 0.29) is 17.3 Å². The first-order valence-electron chi connectivity index (χ1n) is 12.6. The zero-order chi connectivity index (χ0) is 24.7. The zero-order valence-electron chi connectivity index (χ0n) is 20.3. The van der Waals surface area contributed by atoms with Crippen LogP contribution in [0, 0.1) is 11.3 Å². The van der Waals surface area contributed by atoms with E-state index in [9.17, 15) is 13.2 Å². The number of anilines is 1. The Balaban J connectivity index is 1.27. The van der Waals surface area contributed by atoms with E-state index >= 15 is 0 Å². The third-order valence-corrected chi connectivity index (χ3v) is 8.96. The van der Waals surface area contributed by atoms with Gasteiger partial charge in [0.2, 0.25) is 0 Å². The molecule has 35 heavy (non-hydrogen) atoms. The fourth-order valence-corrected chi connectivity index (χ4v) is 7.01. The summed E-state index contributed by atoms with van der Waals surface area (Å²) >= 11 is 0. The standard InChI is InChI=1S/C25H32F3N5O2/c1-4-13(2)33-20(8-19(31-33)14-5-21(23(29)30-10-14)35-25(26,27)28)22-18-7-15(9-24(18,22)3)32-11-17-6-16(32)12-34-17/h5,8,10,13,15-18,22H,4,6-7,9,11-12H2,1-3H3,(H2,29,30). The Labute approximate surface area is 202 Å². The molecule has 6 rings (SSSR count). The molecule has 0 spiro atoms. The number of hydrogen-bond donors (Lipinski definition) is 1. The maximum absolute atomic E-state index is 12.8. The third kappa shape index (κ3) is 3.80. The van der Waals surface area contributed by atoms with Crippen LogP contribution in [0.5, 0.6) is 5.75 Å². The number of hydrogen-bond acceptors (Lipinski definition) is 6. The van der Waals surface area contributed by atoms with Crippen molar-refractivity contribution in [3.8, 4) is 17.0 Å². The largest absolute Gasteiger partial charge is 0.573 e. The number of likely N-dealkylation sites (tertiary alicyclic amines) is 1. The van der Waals surface area contributed by atoms with Crippen LogP contribution < -0.4 is 10.5 Å². The summed E-state index contributed by atoms with van der Waals surface area (Å²) in [4.78, 5) is 6.62. The molecule has 2 aliphatic heterocycles. The van der Waals surface area contributed by atoms with Gasteiger partial charge in [-0.1, -0.05) is 13.8 Å². The third-order valence-electron chi connectivity index (χ3n) is 8.96. The predicted molar refractivity (Wildman–Crippen MR) is 124 cm³/mol. The minimum absolute atomic E-state index is 0.179. The Hall–Kier alpha value is -2.33. The number of pyridine rings is 1. The van der Waals surface area contributed by atoms with Crippen LogP contribution in [-0.2, 0) is 4.74 Å². The normalized spacial score (nSPS) is 34.9. The topological polar surface area (TPSA) is 78.4 Å². The lowest BCUT2D eigenvalue weighted by atomic mass is 9.95. The molecule has 0 amide bonds. The van der Waals surface area contributed by atoms with Gasteiger partial charge >= 0.3 is 6.36 Å². The lowest BCUT2D eigenvalue weighted by Crippen LogP contribution is -2.44. The second-order valence-corrected chi connectivity index (χ2v) is 11.0. The first-order valence-corrected chi connectivity index (χ1v) is 12.6. The smallest absolute Gasteiger partial charge is 0.402 e. The Bertz CT molecular complexity index is 1140. The van der Waals surface area contributed by atoms with E-state index in [1.807, 2.05) is 6.07 Å². The van der Waals surface area contributed by atoms with Crippen LogP contribution in [-0.4, -0.2) is 57.4 Å². The first kappa shape index (κ1) is 23.1. The molecule has 2 bridgehead atoms. The molecule has 7 unspecified atom stereocenters. The van der Waals surface area contributed by atoms with Gasteiger partial charge in [0.05, 0.1) is 18.4 Å². The number of morpholine rings is 1. The number of nitrogens with zero attached hydrogens (tertiary/aromatic N) is 4. The average Bonchev–Trinajstić information content (AvgIpc) is 3.41. The Morgan fingerprint density at radius 2 is 2.09 bits per heavy atom. The highest BCUT2D eigenvalue weighted by Crippen LogP contribution is 2.74. The van der Waals surface area contributed by atoms with Crippen LogP contribution in [0.2, 0.25) is 0 Å². The highest BCUT2D eigenvalue weighted by atomic mass is 19.4. The van der Waals surface area contributed by atoms with Crippen molar-refractivity contribution in [1.82, 2.24) is 19.7 Å². The molecule has 7 nitrogen and oxygen atoms in total. The molecule has 190 valence electrons. The lowest BCUT2D eigenvalue weighted by molar-refractivity contribution is -0.274. The molecule has 10 heteroatoms. The molecule has 4 heterocycles. The molecular weight excluding hydrogens is 459 g/mol. The quantitative estimate of drug-likeness (QED) is 0.628. The Morgan fingerprint density at radius 1 is 1.29 bits per heavy atom. The van der Waals surface area contributed by atoms with E-state index in [0.29, 0.717) is 41.3 Å². The summed E-state index contributed by atoms with van der Waals surface area (Å²) in [7, 11) is 0. The van der Waals surface area contributed by atoms with Gasteiger partial charge in [0, 0.05) is 48.0 Å². The molecule has 4 aliphatic rings. The summed E-state index contributed by atoms with van der Waals surface area (Å²) in [6.45, 7) is 8.56. The average molecular weight is 492 g/mol. The van der Waals surface area contributed by atoms with Crippen LogP contribution in [0.1, 0.15) is 64.1 Å². The number of aromatic nitrogens is 3. The Morgan fingerprint density at radius 3 is 2.69 bits per heavy atom. The number of fused-ring (bicyclic) bond motifs is 3. The highest BCUT2D eigenvalue weighted by Gasteiger charge is 2.68. The van der Waals surface area contributed by atoms with Crippen molar-refractivity contribution in [2.24, 2.45) is 11.3 Å². The summed E-state index contributed by atoms with van der Waals surface area (Å²) < 4.78 is 50.4. The number of alkyl halides is 3. The van der Waals surface area contributed by atoms with Crippen molar-refractivity contribution in [2.75, 3.05) is 18.9 Å². The number of nitrogens with two attached hydrogens (primary N) is 1. The van der Waals surface area contributed by atoms with Gasteiger partial charge in [0.1, 0.15) is 0 Å². The predicted octanol–water partition coefficient (Wildman–Crippen LogP) is 4.75. The van der Waals surface area contributed by atoms with Crippen LogP contribution in [0.15, 0.2) is 18.3 Å². The van der Waals surface area contributed by atoms with Crippen LogP contribution in [0.3, 0.4) is 0 Å². The summed E-state index contributed by atoms with van der Waals surface area (Å²) in [6.07, 6.45) is 1.45. The number of ether oxygens (including phenoxy) is 2. The monoisotopic (exact) mass is 491 g/mol. The van der Waals surface area contributed by atoms with Gasteiger partial charge in [0.15, 0.2) is 11.6 Å². The van der Waals surface area contributed by atoms with E-state index in [4.69, 9.17) is 15.6 Å². The van der Waals surface area contributed by atoms with Gasteiger partial charge < -0.3 is 15.2 Å². The van der Waals surface area contributed by atoms with E-state index < -0.39 is 12.1 Å². The summed E-state index contributed by atoms with van der Waals surface area (Å²) in [6, 6.07) is 4.68. The molecule has 2 saturated heterocycles. The zero-order valence-corrected chi connectivity index (χ0v) is 20.3. The molecule has 7 atom stereocenters. The second kappa shape index (κ2) is 7.83. The number of nitrogen functional groups attached to an aromatic ring is 1. The molecule has 0 radical (unpaired) electrons. The summed E-state index contributed by atoms with van der Waals surface area (Å²) in [5, 5.41) is 4.84. The highest BCUT2D eigenvalue weighted by molar-refractivity contribution is 5.64. The van der Waals surface area contributed by atoms with Crippen LogP contribution in [0.4, 0.5) is 19.0 Å². The molecule has 2 saturated carbocycles. The van der Waals surface area contributed by atoms with E-state index in [1.165, 1.54) is 37.2 Å². The van der Waals surface area contributed by atoms with E-state index in [0.717, 1.165) is 19.6 Å². The van der Waals surface area contributed by atoms with Crippen molar-refractivity contribution >= 4 is 5.82 Å². The van der Waals surface area contributed by atoms with Gasteiger partial charge in [-0.3, -0.25) is 9.58 Å². The van der Waals surface area contributed by atoms with Gasteiger partial charge in [-0.2, -0.15) is 5.10 Å². The molecule has 2 N–H and O–H groups in total. The van der Waals surface area contributed by atoms with Crippen molar-refractivity contribution in [3.63, 3.8) is 0 Å². The van der Waals surface area contributed by atoms with E-state index in [2.05, 4.69) is 40.1 Å². The van der Waals surface area contributed by atoms with Crippen molar-refractivity contribution in [1.29, 1.82) is 0 Å². The van der Waals surface area contributed by atoms with Crippen LogP contribution >= 0.6 is 0 Å². The maximum atomic E-state index is 12.8. The summed E-state index contributed by atoms with van der Waals surface area (Å²) in [5.41, 5.74) is 8.08. The molecule has 0 aromatic carbocycles. The molecule has 2 aliphatic carbocycles. The van der Waals surface area contributed by atoms with Crippen molar-refractivity contribution in [3.05, 3.63) is 24.0 Å². The fourth-order valence-electron chi connectivity index (χ4n) is 7.01. The molecule has 4 fully saturated rings. The minimum Gasteiger partial charge on any atom is -0.402 e. The first-order chi connectivity index (χ1) is 16.6. The lowest BCUT2D eigenvalue weighted by Gasteiger charge is -2.34. The molecule has 2 aromatic rings. The second-order valence-electron chi connectivity index (χ2n) is 11.0. The molecular formula is C25H32F3N5O2. The Kier molecular flexibility index (Phi) is 5.17. The van der Waals surface area contributed by atoms with Crippen LogP contribution in [0.25, 0.3) is 11.3 Å². The van der Waals surface area contributed by atoms with Gasteiger partial charge in [-0.05, 0) is 56.1 Å². The minimum atomic E-state index is -4.84. The number of halogens is 3. The SMILES string of the molecule is CCC(C)n1nc(-c2cnc(N)c(OC(F)(F)F)c2)cc1C1C2CC(N3CC4CC3CO4)CC21C. The maximum Gasteiger partial charge on any atom is 0.573 e.